The first-order chi connectivity index (χ1) is 8.15. The molecule has 0 aliphatic heterocycles. The average molecular weight is 311 g/mol. The van der Waals surface area contributed by atoms with E-state index < -0.39 is 0 Å². The standard InChI is InChI=1S/C13H15BrN2S/c1-9(2)7-15-13-16-8-12(17-13)10-4-3-5-11(14)6-10/h3-6,8-9H,7H2,1-2H3,(H,15,16). The Kier molecular flexibility index (Phi) is 4.18. The van der Waals surface area contributed by atoms with E-state index in [0.717, 1.165) is 16.1 Å². The minimum Gasteiger partial charge on any atom is -0.361 e. The third kappa shape index (κ3) is 3.54. The van der Waals surface area contributed by atoms with Crippen molar-refractivity contribution in [3.8, 4) is 10.4 Å². The number of anilines is 1. The lowest BCUT2D eigenvalue weighted by Crippen LogP contribution is -2.07. The third-order valence-electron chi connectivity index (χ3n) is 2.28. The summed E-state index contributed by atoms with van der Waals surface area (Å²) in [6, 6.07) is 8.28. The third-order valence-corrected chi connectivity index (χ3v) is 3.77. The fourth-order valence-corrected chi connectivity index (χ4v) is 2.64. The molecule has 0 saturated heterocycles. The van der Waals surface area contributed by atoms with Crippen molar-refractivity contribution in [2.45, 2.75) is 13.8 Å². The summed E-state index contributed by atoms with van der Waals surface area (Å²) in [4.78, 5) is 5.58. The van der Waals surface area contributed by atoms with Crippen LogP contribution in [0.25, 0.3) is 10.4 Å². The number of halogens is 1. The normalized spacial score (nSPS) is 10.8. The Labute approximate surface area is 114 Å². The predicted octanol–water partition coefficient (Wildman–Crippen LogP) is 4.64. The lowest BCUT2D eigenvalue weighted by Gasteiger charge is -2.04. The molecule has 0 amide bonds. The summed E-state index contributed by atoms with van der Waals surface area (Å²) >= 11 is 5.18. The molecule has 2 rings (SSSR count). The van der Waals surface area contributed by atoms with Crippen molar-refractivity contribution in [2.75, 3.05) is 11.9 Å². The molecule has 0 unspecified atom stereocenters. The molecule has 0 aliphatic carbocycles. The molecule has 1 aromatic heterocycles. The van der Waals surface area contributed by atoms with Crippen molar-refractivity contribution in [1.82, 2.24) is 4.98 Å². The average Bonchev–Trinajstić information content (AvgIpc) is 2.75. The lowest BCUT2D eigenvalue weighted by atomic mass is 10.2. The van der Waals surface area contributed by atoms with E-state index in [-0.39, 0.29) is 0 Å². The Balaban J connectivity index is 2.12. The molecule has 2 aromatic rings. The molecule has 1 N–H and O–H groups in total. The number of hydrogen-bond donors (Lipinski definition) is 1. The topological polar surface area (TPSA) is 24.9 Å². The zero-order valence-electron chi connectivity index (χ0n) is 9.90. The number of rotatable bonds is 4. The summed E-state index contributed by atoms with van der Waals surface area (Å²) in [5.41, 5.74) is 1.20. The van der Waals surface area contributed by atoms with Crippen LogP contribution in [0.2, 0.25) is 0 Å². The molecule has 0 fully saturated rings. The maximum absolute atomic E-state index is 4.39. The van der Waals surface area contributed by atoms with Gasteiger partial charge >= 0.3 is 0 Å². The van der Waals surface area contributed by atoms with E-state index in [1.54, 1.807) is 11.3 Å². The molecule has 90 valence electrons. The molecule has 17 heavy (non-hydrogen) atoms. The van der Waals surface area contributed by atoms with Gasteiger partial charge in [-0.2, -0.15) is 0 Å². The van der Waals surface area contributed by atoms with Gasteiger partial charge in [0, 0.05) is 17.2 Å². The quantitative estimate of drug-likeness (QED) is 0.889. The summed E-state index contributed by atoms with van der Waals surface area (Å²) in [7, 11) is 0. The van der Waals surface area contributed by atoms with Crippen LogP contribution in [0, 0.1) is 5.92 Å². The van der Waals surface area contributed by atoms with E-state index in [9.17, 15) is 0 Å². The van der Waals surface area contributed by atoms with Gasteiger partial charge in [-0.25, -0.2) is 4.98 Å². The summed E-state index contributed by atoms with van der Waals surface area (Å²) in [5.74, 6) is 0.633. The Morgan fingerprint density at radius 3 is 2.94 bits per heavy atom. The van der Waals surface area contributed by atoms with E-state index in [4.69, 9.17) is 0 Å². The summed E-state index contributed by atoms with van der Waals surface area (Å²) in [5, 5.41) is 4.34. The Morgan fingerprint density at radius 1 is 1.41 bits per heavy atom. The van der Waals surface area contributed by atoms with Gasteiger partial charge in [0.15, 0.2) is 5.13 Å². The van der Waals surface area contributed by atoms with Crippen molar-refractivity contribution in [3.05, 3.63) is 34.9 Å². The van der Waals surface area contributed by atoms with Crippen LogP contribution in [-0.4, -0.2) is 11.5 Å². The largest absolute Gasteiger partial charge is 0.361 e. The van der Waals surface area contributed by atoms with Gasteiger partial charge in [-0.1, -0.05) is 53.2 Å². The maximum Gasteiger partial charge on any atom is 0.183 e. The van der Waals surface area contributed by atoms with Crippen molar-refractivity contribution in [1.29, 1.82) is 0 Å². The molecule has 0 saturated carbocycles. The van der Waals surface area contributed by atoms with Crippen LogP contribution in [0.5, 0.6) is 0 Å². The summed E-state index contributed by atoms with van der Waals surface area (Å²) in [6.07, 6.45) is 1.93. The number of hydrogen-bond acceptors (Lipinski definition) is 3. The first-order valence-electron chi connectivity index (χ1n) is 5.61. The van der Waals surface area contributed by atoms with E-state index >= 15 is 0 Å². The Bertz CT molecular complexity index is 494. The highest BCUT2D eigenvalue weighted by Gasteiger charge is 2.04. The highest BCUT2D eigenvalue weighted by molar-refractivity contribution is 9.10. The second-order valence-corrected chi connectivity index (χ2v) is 6.26. The second-order valence-electron chi connectivity index (χ2n) is 4.31. The van der Waals surface area contributed by atoms with Crippen molar-refractivity contribution < 1.29 is 0 Å². The molecule has 0 radical (unpaired) electrons. The molecule has 2 nitrogen and oxygen atoms in total. The smallest absolute Gasteiger partial charge is 0.183 e. The van der Waals surface area contributed by atoms with Crippen LogP contribution < -0.4 is 5.32 Å². The molecular weight excluding hydrogens is 296 g/mol. The maximum atomic E-state index is 4.39. The molecule has 0 aliphatic rings. The number of benzene rings is 1. The van der Waals surface area contributed by atoms with Crippen LogP contribution in [0.15, 0.2) is 34.9 Å². The molecule has 0 bridgehead atoms. The van der Waals surface area contributed by atoms with Gasteiger partial charge in [0.05, 0.1) is 4.88 Å². The Hall–Kier alpha value is -0.870. The highest BCUT2D eigenvalue weighted by Crippen LogP contribution is 2.30. The fourth-order valence-electron chi connectivity index (χ4n) is 1.42. The van der Waals surface area contributed by atoms with Gasteiger partial charge in [-0.05, 0) is 23.6 Å². The second kappa shape index (κ2) is 5.65. The molecule has 4 heteroatoms. The fraction of sp³-hybridized carbons (Fsp3) is 0.308. The molecular formula is C13H15BrN2S. The van der Waals surface area contributed by atoms with Gasteiger partial charge in [-0.15, -0.1) is 0 Å². The van der Waals surface area contributed by atoms with E-state index in [1.165, 1.54) is 10.4 Å². The first kappa shape index (κ1) is 12.6. The first-order valence-corrected chi connectivity index (χ1v) is 7.22. The SMILES string of the molecule is CC(C)CNc1ncc(-c2cccc(Br)c2)s1. The van der Waals surface area contributed by atoms with E-state index in [1.807, 2.05) is 18.3 Å². The van der Waals surface area contributed by atoms with Crippen LogP contribution in [0.4, 0.5) is 5.13 Å². The number of aromatic nitrogens is 1. The van der Waals surface area contributed by atoms with Crippen molar-refractivity contribution >= 4 is 32.4 Å². The predicted molar refractivity (Wildman–Crippen MR) is 78.6 cm³/mol. The number of thiazole rings is 1. The van der Waals surface area contributed by atoms with Gasteiger partial charge in [0.1, 0.15) is 0 Å². The van der Waals surface area contributed by atoms with Crippen molar-refractivity contribution in [2.24, 2.45) is 5.92 Å². The van der Waals surface area contributed by atoms with Gasteiger partial charge in [0.2, 0.25) is 0 Å². The zero-order chi connectivity index (χ0) is 12.3. The minimum atomic E-state index is 0.633. The Morgan fingerprint density at radius 2 is 2.24 bits per heavy atom. The summed E-state index contributed by atoms with van der Waals surface area (Å²) < 4.78 is 1.10. The number of nitrogens with one attached hydrogen (secondary N) is 1. The van der Waals surface area contributed by atoms with E-state index in [2.05, 4.69) is 52.2 Å². The van der Waals surface area contributed by atoms with Crippen LogP contribution in [0.3, 0.4) is 0 Å². The zero-order valence-corrected chi connectivity index (χ0v) is 12.3. The molecule has 0 spiro atoms. The molecule has 1 heterocycles. The van der Waals surface area contributed by atoms with Crippen molar-refractivity contribution in [3.63, 3.8) is 0 Å². The highest BCUT2D eigenvalue weighted by atomic mass is 79.9. The minimum absolute atomic E-state index is 0.633. The van der Waals surface area contributed by atoms with Crippen LogP contribution >= 0.6 is 27.3 Å². The van der Waals surface area contributed by atoms with Crippen LogP contribution in [-0.2, 0) is 0 Å². The van der Waals surface area contributed by atoms with Gasteiger partial charge in [-0.3, -0.25) is 0 Å². The van der Waals surface area contributed by atoms with Crippen LogP contribution in [0.1, 0.15) is 13.8 Å². The van der Waals surface area contributed by atoms with Gasteiger partial charge < -0.3 is 5.32 Å². The summed E-state index contributed by atoms with van der Waals surface area (Å²) in [6.45, 7) is 5.34. The van der Waals surface area contributed by atoms with E-state index in [0.29, 0.717) is 5.92 Å². The molecule has 1 aromatic carbocycles. The monoisotopic (exact) mass is 310 g/mol. The lowest BCUT2D eigenvalue weighted by molar-refractivity contribution is 0.688. The molecule has 0 atom stereocenters. The van der Waals surface area contributed by atoms with Gasteiger partial charge in [0.25, 0.3) is 0 Å². The number of nitrogens with zero attached hydrogens (tertiary/aromatic N) is 1.